The molecule has 0 fully saturated rings. The average Bonchev–Trinajstić information content (AvgIpc) is 2.38. The first kappa shape index (κ1) is 15.6. The number of carbonyl (C=O) groups excluding carboxylic acids is 1. The van der Waals surface area contributed by atoms with Crippen LogP contribution in [0.2, 0.25) is 0 Å². The highest BCUT2D eigenvalue weighted by molar-refractivity contribution is 5.81. The van der Waals surface area contributed by atoms with Crippen LogP contribution < -0.4 is 11.1 Å². The Morgan fingerprint density at radius 1 is 1.47 bits per heavy atom. The molecule has 0 radical (unpaired) electrons. The third-order valence-electron chi connectivity index (χ3n) is 2.90. The first-order valence-electron chi connectivity index (χ1n) is 6.25. The molecule has 3 N–H and O–H groups in total. The third kappa shape index (κ3) is 4.61. The van der Waals surface area contributed by atoms with Gasteiger partial charge in [0.15, 0.2) is 0 Å². The quantitative estimate of drug-likeness (QED) is 0.823. The zero-order valence-corrected chi connectivity index (χ0v) is 11.6. The summed E-state index contributed by atoms with van der Waals surface area (Å²) in [4.78, 5) is 11.7. The topological polar surface area (TPSA) is 64.3 Å². The number of methoxy groups -OCH3 is 1. The summed E-state index contributed by atoms with van der Waals surface area (Å²) in [6.45, 7) is 4.31. The second kappa shape index (κ2) is 7.21. The predicted octanol–water partition coefficient (Wildman–Crippen LogP) is 1.57. The molecule has 0 aliphatic rings. The lowest BCUT2D eigenvalue weighted by Crippen LogP contribution is -2.43. The molecular weight excluding hydrogens is 247 g/mol. The van der Waals surface area contributed by atoms with E-state index in [2.05, 4.69) is 5.32 Å². The van der Waals surface area contributed by atoms with Gasteiger partial charge in [-0.15, -0.1) is 0 Å². The van der Waals surface area contributed by atoms with Crippen LogP contribution in [0.4, 0.5) is 4.39 Å². The number of amides is 1. The van der Waals surface area contributed by atoms with Crippen LogP contribution in [0.1, 0.15) is 25.0 Å². The van der Waals surface area contributed by atoms with E-state index in [1.165, 1.54) is 13.2 Å². The lowest BCUT2D eigenvalue weighted by Gasteiger charge is -2.15. The van der Waals surface area contributed by atoms with E-state index in [9.17, 15) is 9.18 Å². The third-order valence-corrected chi connectivity index (χ3v) is 2.90. The molecule has 0 aromatic heterocycles. The molecule has 0 bridgehead atoms. The van der Waals surface area contributed by atoms with Gasteiger partial charge in [0.25, 0.3) is 0 Å². The van der Waals surface area contributed by atoms with E-state index in [-0.39, 0.29) is 24.2 Å². The van der Waals surface area contributed by atoms with Crippen molar-refractivity contribution in [3.8, 4) is 0 Å². The number of nitrogens with two attached hydrogens (primary N) is 1. The van der Waals surface area contributed by atoms with Gasteiger partial charge in [-0.2, -0.15) is 0 Å². The van der Waals surface area contributed by atoms with Crippen molar-refractivity contribution in [1.82, 2.24) is 5.32 Å². The zero-order valence-electron chi connectivity index (χ0n) is 11.6. The van der Waals surface area contributed by atoms with Gasteiger partial charge in [0, 0.05) is 19.2 Å². The summed E-state index contributed by atoms with van der Waals surface area (Å²) >= 11 is 0. The SMILES string of the molecule is COCc1cc(CNC(=O)[C@@H](N)C(C)C)ccc1F. The van der Waals surface area contributed by atoms with Gasteiger partial charge in [-0.3, -0.25) is 4.79 Å². The first-order chi connectivity index (χ1) is 8.95. The van der Waals surface area contributed by atoms with E-state index in [4.69, 9.17) is 10.5 Å². The molecule has 1 aromatic rings. The van der Waals surface area contributed by atoms with E-state index in [1.807, 2.05) is 13.8 Å². The molecule has 0 saturated heterocycles. The Kier molecular flexibility index (Phi) is 5.92. The molecule has 4 nitrogen and oxygen atoms in total. The van der Waals surface area contributed by atoms with Crippen LogP contribution in [0.3, 0.4) is 0 Å². The van der Waals surface area contributed by atoms with Crippen molar-refractivity contribution in [2.45, 2.75) is 33.0 Å². The Hall–Kier alpha value is -1.46. The summed E-state index contributed by atoms with van der Waals surface area (Å²) in [6.07, 6.45) is 0. The lowest BCUT2D eigenvalue weighted by molar-refractivity contribution is -0.123. The maximum Gasteiger partial charge on any atom is 0.237 e. The summed E-state index contributed by atoms with van der Waals surface area (Å²) in [5.74, 6) is -0.430. The summed E-state index contributed by atoms with van der Waals surface area (Å²) in [5.41, 5.74) is 7.03. The molecule has 1 atom stereocenters. The molecule has 0 heterocycles. The number of hydrogen-bond donors (Lipinski definition) is 2. The normalized spacial score (nSPS) is 12.5. The van der Waals surface area contributed by atoms with Crippen LogP contribution >= 0.6 is 0 Å². The highest BCUT2D eigenvalue weighted by atomic mass is 19.1. The molecule has 0 saturated carbocycles. The number of rotatable bonds is 6. The number of hydrogen-bond acceptors (Lipinski definition) is 3. The van der Waals surface area contributed by atoms with Crippen molar-refractivity contribution in [3.63, 3.8) is 0 Å². The number of carbonyl (C=O) groups is 1. The number of benzene rings is 1. The Labute approximate surface area is 113 Å². The van der Waals surface area contributed by atoms with Gasteiger partial charge in [0.05, 0.1) is 12.6 Å². The van der Waals surface area contributed by atoms with Crippen LogP contribution in [0.5, 0.6) is 0 Å². The second-order valence-corrected chi connectivity index (χ2v) is 4.85. The Bertz CT molecular complexity index is 435. The molecule has 106 valence electrons. The van der Waals surface area contributed by atoms with Crippen molar-refractivity contribution < 1.29 is 13.9 Å². The van der Waals surface area contributed by atoms with Crippen LogP contribution in [0, 0.1) is 11.7 Å². The lowest BCUT2D eigenvalue weighted by atomic mass is 10.0. The molecule has 5 heteroatoms. The van der Waals surface area contributed by atoms with Crippen LogP contribution in [-0.4, -0.2) is 19.1 Å². The number of ether oxygens (including phenoxy) is 1. The molecule has 1 amide bonds. The monoisotopic (exact) mass is 268 g/mol. The number of halogens is 1. The minimum Gasteiger partial charge on any atom is -0.380 e. The summed E-state index contributed by atoms with van der Waals surface area (Å²) in [5, 5.41) is 2.74. The summed E-state index contributed by atoms with van der Waals surface area (Å²) in [6, 6.07) is 4.16. The van der Waals surface area contributed by atoms with Gasteiger partial charge in [-0.1, -0.05) is 19.9 Å². The van der Waals surface area contributed by atoms with Crippen molar-refractivity contribution in [2.24, 2.45) is 11.7 Å². The van der Waals surface area contributed by atoms with Crippen LogP contribution in [-0.2, 0) is 22.7 Å². The first-order valence-corrected chi connectivity index (χ1v) is 6.25. The smallest absolute Gasteiger partial charge is 0.237 e. The van der Waals surface area contributed by atoms with E-state index >= 15 is 0 Å². The highest BCUT2D eigenvalue weighted by Crippen LogP contribution is 2.11. The van der Waals surface area contributed by atoms with Crippen LogP contribution in [0.15, 0.2) is 18.2 Å². The fourth-order valence-corrected chi connectivity index (χ4v) is 1.61. The van der Waals surface area contributed by atoms with Crippen molar-refractivity contribution in [1.29, 1.82) is 0 Å². The highest BCUT2D eigenvalue weighted by Gasteiger charge is 2.16. The van der Waals surface area contributed by atoms with E-state index in [1.54, 1.807) is 12.1 Å². The average molecular weight is 268 g/mol. The molecule has 0 spiro atoms. The zero-order chi connectivity index (χ0) is 14.4. The molecule has 0 aliphatic heterocycles. The van der Waals surface area contributed by atoms with E-state index in [0.717, 1.165) is 5.56 Å². The largest absolute Gasteiger partial charge is 0.380 e. The minimum atomic E-state index is -0.529. The van der Waals surface area contributed by atoms with Gasteiger partial charge in [-0.25, -0.2) is 4.39 Å². The Balaban J connectivity index is 2.63. The Morgan fingerprint density at radius 3 is 2.74 bits per heavy atom. The summed E-state index contributed by atoms with van der Waals surface area (Å²) < 4.78 is 18.3. The van der Waals surface area contributed by atoms with Gasteiger partial charge >= 0.3 is 0 Å². The number of nitrogens with one attached hydrogen (secondary N) is 1. The Morgan fingerprint density at radius 2 is 2.16 bits per heavy atom. The molecule has 0 unspecified atom stereocenters. The maximum absolute atomic E-state index is 13.4. The van der Waals surface area contributed by atoms with Gasteiger partial charge in [0.1, 0.15) is 5.82 Å². The molecule has 0 aliphatic carbocycles. The molecule has 1 aromatic carbocycles. The minimum absolute atomic E-state index is 0.0808. The molecule has 19 heavy (non-hydrogen) atoms. The molecular formula is C14H21FN2O2. The second-order valence-electron chi connectivity index (χ2n) is 4.85. The maximum atomic E-state index is 13.4. The predicted molar refractivity (Wildman–Crippen MR) is 71.8 cm³/mol. The van der Waals surface area contributed by atoms with Gasteiger partial charge in [0.2, 0.25) is 5.91 Å². The van der Waals surface area contributed by atoms with E-state index < -0.39 is 6.04 Å². The van der Waals surface area contributed by atoms with Crippen LogP contribution in [0.25, 0.3) is 0 Å². The summed E-state index contributed by atoms with van der Waals surface area (Å²) in [7, 11) is 1.51. The van der Waals surface area contributed by atoms with Gasteiger partial charge < -0.3 is 15.8 Å². The fraction of sp³-hybridized carbons (Fsp3) is 0.500. The fourth-order valence-electron chi connectivity index (χ4n) is 1.61. The van der Waals surface area contributed by atoms with Crippen molar-refractivity contribution in [2.75, 3.05) is 7.11 Å². The van der Waals surface area contributed by atoms with Crippen molar-refractivity contribution in [3.05, 3.63) is 35.1 Å². The standard InChI is InChI=1S/C14H21FN2O2/c1-9(2)13(16)14(18)17-7-10-4-5-12(15)11(6-10)8-19-3/h4-6,9,13H,7-8,16H2,1-3H3,(H,17,18)/t13-/m0/s1. The molecule has 1 rings (SSSR count). The van der Waals surface area contributed by atoms with E-state index in [0.29, 0.717) is 12.1 Å². The van der Waals surface area contributed by atoms with Crippen molar-refractivity contribution >= 4 is 5.91 Å². The van der Waals surface area contributed by atoms with Gasteiger partial charge in [-0.05, 0) is 23.6 Å².